The summed E-state index contributed by atoms with van der Waals surface area (Å²) < 4.78 is 5.08. The second-order valence-electron chi connectivity index (χ2n) is 4.38. The molecular formula is C15H14Cl2N4O2. The number of ether oxygens (including phenoxy) is 1. The predicted molar refractivity (Wildman–Crippen MR) is 90.4 cm³/mol. The largest absolute Gasteiger partial charge is 0.497 e. The lowest BCUT2D eigenvalue weighted by molar-refractivity contribution is -0.115. The van der Waals surface area contributed by atoms with Crippen LogP contribution in [-0.4, -0.2) is 24.2 Å². The Hall–Kier alpha value is -2.15. The Bertz CT molecular complexity index is 702. The number of aliphatic imine (C=N–C) groups is 1. The van der Waals surface area contributed by atoms with Crippen molar-refractivity contribution in [2.24, 2.45) is 4.99 Å². The quantitative estimate of drug-likeness (QED) is 0.619. The molecule has 0 radical (unpaired) electrons. The molecule has 0 fully saturated rings. The fourth-order valence-electron chi connectivity index (χ4n) is 1.68. The standard InChI is InChI=1S/C15H14Cl2N4O2/c1-23-11-4-2-3-10(5-11)19-9-15(22)21-20-6-12-13(16)7-18-8-14(12)17/h2-5,7-9,20H,6H2,1H3,(H,21,22). The van der Waals surface area contributed by atoms with Gasteiger partial charge in [0.1, 0.15) is 5.75 Å². The van der Waals surface area contributed by atoms with Gasteiger partial charge in [0.05, 0.1) is 29.1 Å². The summed E-state index contributed by atoms with van der Waals surface area (Å²) in [6.07, 6.45) is 4.13. The van der Waals surface area contributed by atoms with E-state index in [4.69, 9.17) is 27.9 Å². The molecule has 1 aromatic carbocycles. The lowest BCUT2D eigenvalue weighted by Crippen LogP contribution is -2.37. The lowest BCUT2D eigenvalue weighted by atomic mass is 10.3. The topological polar surface area (TPSA) is 75.6 Å². The normalized spacial score (nSPS) is 10.7. The van der Waals surface area contributed by atoms with Crippen molar-refractivity contribution in [1.29, 1.82) is 0 Å². The molecule has 1 aromatic heterocycles. The molecular weight excluding hydrogens is 339 g/mol. The Morgan fingerprint density at radius 3 is 2.78 bits per heavy atom. The Kier molecular flexibility index (Phi) is 6.34. The summed E-state index contributed by atoms with van der Waals surface area (Å²) >= 11 is 12.0. The number of methoxy groups -OCH3 is 1. The van der Waals surface area contributed by atoms with Crippen LogP contribution in [0.15, 0.2) is 41.7 Å². The van der Waals surface area contributed by atoms with Crippen LogP contribution in [0.1, 0.15) is 5.56 Å². The highest BCUT2D eigenvalue weighted by Gasteiger charge is 2.06. The summed E-state index contributed by atoms with van der Waals surface area (Å²) in [6, 6.07) is 7.06. The number of nitrogens with one attached hydrogen (secondary N) is 2. The van der Waals surface area contributed by atoms with E-state index in [1.165, 1.54) is 12.4 Å². The Balaban J connectivity index is 1.86. The predicted octanol–water partition coefficient (Wildman–Crippen LogP) is 2.92. The summed E-state index contributed by atoms with van der Waals surface area (Å²) in [5, 5.41) is 0.841. The zero-order valence-electron chi connectivity index (χ0n) is 12.2. The van der Waals surface area contributed by atoms with Crippen LogP contribution in [0, 0.1) is 0 Å². The van der Waals surface area contributed by atoms with Crippen LogP contribution in [0.4, 0.5) is 5.69 Å². The van der Waals surface area contributed by atoms with E-state index in [1.54, 1.807) is 31.4 Å². The molecule has 6 nitrogen and oxygen atoms in total. The number of halogens is 2. The molecule has 0 atom stereocenters. The summed E-state index contributed by atoms with van der Waals surface area (Å²) in [7, 11) is 1.56. The van der Waals surface area contributed by atoms with Crippen molar-refractivity contribution in [1.82, 2.24) is 15.8 Å². The highest BCUT2D eigenvalue weighted by molar-refractivity contribution is 6.35. The maximum Gasteiger partial charge on any atom is 0.276 e. The molecule has 1 heterocycles. The van der Waals surface area contributed by atoms with Crippen LogP contribution in [0.25, 0.3) is 0 Å². The fraction of sp³-hybridized carbons (Fsp3) is 0.133. The highest BCUT2D eigenvalue weighted by atomic mass is 35.5. The third kappa shape index (κ3) is 5.21. The molecule has 23 heavy (non-hydrogen) atoms. The van der Waals surface area contributed by atoms with Gasteiger partial charge in [-0.25, -0.2) is 5.43 Å². The van der Waals surface area contributed by atoms with Gasteiger partial charge in [0.25, 0.3) is 5.91 Å². The minimum Gasteiger partial charge on any atom is -0.497 e. The number of hydrogen-bond donors (Lipinski definition) is 2. The number of benzene rings is 1. The fourth-order valence-corrected chi connectivity index (χ4v) is 2.18. The van der Waals surface area contributed by atoms with E-state index in [0.29, 0.717) is 27.0 Å². The van der Waals surface area contributed by atoms with Crippen LogP contribution in [0.5, 0.6) is 5.75 Å². The van der Waals surface area contributed by atoms with Gasteiger partial charge < -0.3 is 4.74 Å². The first kappa shape index (κ1) is 17.2. The van der Waals surface area contributed by atoms with Gasteiger partial charge in [-0.15, -0.1) is 0 Å². The molecule has 0 aliphatic carbocycles. The third-order valence-corrected chi connectivity index (χ3v) is 3.46. The van der Waals surface area contributed by atoms with Gasteiger partial charge in [0.15, 0.2) is 0 Å². The lowest BCUT2D eigenvalue weighted by Gasteiger charge is -2.08. The van der Waals surface area contributed by atoms with E-state index in [2.05, 4.69) is 20.8 Å². The van der Waals surface area contributed by atoms with Gasteiger partial charge in [-0.3, -0.25) is 20.2 Å². The van der Waals surface area contributed by atoms with Crippen LogP contribution in [-0.2, 0) is 11.3 Å². The first-order valence-corrected chi connectivity index (χ1v) is 7.34. The van der Waals surface area contributed by atoms with Gasteiger partial charge in [-0.05, 0) is 12.1 Å². The Morgan fingerprint density at radius 2 is 2.09 bits per heavy atom. The second kappa shape index (κ2) is 8.47. The molecule has 2 rings (SSSR count). The zero-order chi connectivity index (χ0) is 16.7. The molecule has 0 aliphatic rings. The van der Waals surface area contributed by atoms with Gasteiger partial charge in [0, 0.05) is 30.6 Å². The average Bonchev–Trinajstić information content (AvgIpc) is 2.56. The molecule has 0 spiro atoms. The van der Waals surface area contributed by atoms with Gasteiger partial charge in [-0.1, -0.05) is 29.3 Å². The molecule has 0 saturated heterocycles. The van der Waals surface area contributed by atoms with Crippen molar-refractivity contribution < 1.29 is 9.53 Å². The van der Waals surface area contributed by atoms with E-state index < -0.39 is 5.91 Å². The van der Waals surface area contributed by atoms with Crippen molar-refractivity contribution in [2.45, 2.75) is 6.54 Å². The second-order valence-corrected chi connectivity index (χ2v) is 5.20. The van der Waals surface area contributed by atoms with E-state index in [-0.39, 0.29) is 6.54 Å². The number of pyridine rings is 1. The third-order valence-electron chi connectivity index (χ3n) is 2.81. The van der Waals surface area contributed by atoms with Crippen LogP contribution >= 0.6 is 23.2 Å². The van der Waals surface area contributed by atoms with E-state index in [0.717, 1.165) is 6.21 Å². The van der Waals surface area contributed by atoms with Crippen molar-refractivity contribution >= 4 is 41.0 Å². The molecule has 8 heteroatoms. The van der Waals surface area contributed by atoms with Crippen molar-refractivity contribution in [3.05, 3.63) is 52.3 Å². The van der Waals surface area contributed by atoms with E-state index in [9.17, 15) is 4.79 Å². The summed E-state index contributed by atoms with van der Waals surface area (Å²) in [5.41, 5.74) is 6.46. The van der Waals surface area contributed by atoms with Crippen molar-refractivity contribution in [3.8, 4) is 5.75 Å². The molecule has 0 bridgehead atoms. The Labute approximate surface area is 143 Å². The minimum atomic E-state index is -0.408. The number of carbonyl (C=O) groups is 1. The molecule has 2 aromatic rings. The summed E-state index contributed by atoms with van der Waals surface area (Å²) in [6.45, 7) is 0.263. The van der Waals surface area contributed by atoms with Gasteiger partial charge in [-0.2, -0.15) is 0 Å². The molecule has 0 unspecified atom stereocenters. The maximum absolute atomic E-state index is 11.7. The highest BCUT2D eigenvalue weighted by Crippen LogP contribution is 2.22. The first-order chi connectivity index (χ1) is 11.1. The van der Waals surface area contributed by atoms with Crippen molar-refractivity contribution in [2.75, 3.05) is 7.11 Å². The van der Waals surface area contributed by atoms with Gasteiger partial charge >= 0.3 is 0 Å². The van der Waals surface area contributed by atoms with E-state index in [1.807, 2.05) is 0 Å². The van der Waals surface area contributed by atoms with Crippen LogP contribution < -0.4 is 15.6 Å². The number of nitrogens with zero attached hydrogens (tertiary/aromatic N) is 2. The molecule has 1 amide bonds. The number of carbonyl (C=O) groups excluding carboxylic acids is 1. The number of aromatic nitrogens is 1. The average molecular weight is 353 g/mol. The maximum atomic E-state index is 11.7. The van der Waals surface area contributed by atoms with Crippen LogP contribution in [0.2, 0.25) is 10.0 Å². The monoisotopic (exact) mass is 352 g/mol. The van der Waals surface area contributed by atoms with Gasteiger partial charge in [0.2, 0.25) is 0 Å². The summed E-state index contributed by atoms with van der Waals surface area (Å²) in [5.74, 6) is 0.259. The molecule has 0 aliphatic heterocycles. The molecule has 2 N–H and O–H groups in total. The SMILES string of the molecule is COc1cccc(N=CC(=O)NNCc2c(Cl)cncc2Cl)c1. The number of amides is 1. The van der Waals surface area contributed by atoms with Crippen molar-refractivity contribution in [3.63, 3.8) is 0 Å². The summed E-state index contributed by atoms with van der Waals surface area (Å²) in [4.78, 5) is 19.6. The van der Waals surface area contributed by atoms with E-state index >= 15 is 0 Å². The number of hydrogen-bond acceptors (Lipinski definition) is 5. The zero-order valence-corrected chi connectivity index (χ0v) is 13.7. The number of rotatable bonds is 6. The molecule has 120 valence electrons. The Morgan fingerprint density at radius 1 is 1.35 bits per heavy atom. The molecule has 0 saturated carbocycles. The minimum absolute atomic E-state index is 0.263. The first-order valence-electron chi connectivity index (χ1n) is 6.59. The number of hydrazine groups is 1. The smallest absolute Gasteiger partial charge is 0.276 e. The van der Waals surface area contributed by atoms with Crippen LogP contribution in [0.3, 0.4) is 0 Å².